The number of amides is 1. The Kier molecular flexibility index (Phi) is 5.70. The first-order chi connectivity index (χ1) is 10.7. The summed E-state index contributed by atoms with van der Waals surface area (Å²) in [6.07, 6.45) is 0.915. The van der Waals surface area contributed by atoms with Gasteiger partial charge in [0.2, 0.25) is 5.91 Å². The minimum atomic E-state index is -0.0611. The van der Waals surface area contributed by atoms with Gasteiger partial charge < -0.3 is 10.6 Å². The average Bonchev–Trinajstić information content (AvgIpc) is 2.53. The lowest BCUT2D eigenvalue weighted by Gasteiger charge is -2.07. The Bertz CT molecular complexity index is 671. The highest BCUT2D eigenvalue weighted by Crippen LogP contribution is 2.10. The molecule has 0 aliphatic rings. The fourth-order valence-electron chi connectivity index (χ4n) is 2.17. The fourth-order valence-corrected chi connectivity index (χ4v) is 2.17. The number of rotatable bonds is 6. The van der Waals surface area contributed by atoms with Gasteiger partial charge in [0.15, 0.2) is 0 Å². The molecule has 0 heterocycles. The minimum absolute atomic E-state index is 0.0611. The molecule has 2 rings (SSSR count). The predicted molar refractivity (Wildman–Crippen MR) is 87.3 cm³/mol. The Balaban J connectivity index is 1.76. The number of carbonyl (C=O) groups is 1. The third kappa shape index (κ3) is 5.04. The summed E-state index contributed by atoms with van der Waals surface area (Å²) < 4.78 is 0. The number of hydrogen-bond donors (Lipinski definition) is 2. The Morgan fingerprint density at radius 1 is 1.14 bits per heavy atom. The van der Waals surface area contributed by atoms with Crippen LogP contribution in [0.1, 0.15) is 23.6 Å². The standard InChI is InChI=1S/C18H19N3O/c1-14(22)21-18-7-5-15(6-8-18)9-10-20-13-17-4-2-3-16(11-17)12-19/h2-8,11,20H,9-10,13H2,1H3,(H,21,22). The molecule has 4 nitrogen and oxygen atoms in total. The van der Waals surface area contributed by atoms with E-state index in [-0.39, 0.29) is 5.91 Å². The summed E-state index contributed by atoms with van der Waals surface area (Å²) in [4.78, 5) is 10.9. The van der Waals surface area contributed by atoms with Crippen molar-refractivity contribution < 1.29 is 4.79 Å². The summed E-state index contributed by atoms with van der Waals surface area (Å²) >= 11 is 0. The van der Waals surface area contributed by atoms with Gasteiger partial charge in [0.1, 0.15) is 0 Å². The van der Waals surface area contributed by atoms with Gasteiger partial charge in [-0.1, -0.05) is 24.3 Å². The van der Waals surface area contributed by atoms with Crippen molar-refractivity contribution in [3.8, 4) is 6.07 Å². The third-order valence-corrected chi connectivity index (χ3v) is 3.25. The zero-order valence-corrected chi connectivity index (χ0v) is 12.6. The van der Waals surface area contributed by atoms with Crippen LogP contribution in [0.2, 0.25) is 0 Å². The quantitative estimate of drug-likeness (QED) is 0.805. The second-order valence-corrected chi connectivity index (χ2v) is 5.12. The summed E-state index contributed by atoms with van der Waals surface area (Å²) in [6.45, 7) is 3.11. The smallest absolute Gasteiger partial charge is 0.221 e. The summed E-state index contributed by atoms with van der Waals surface area (Å²) in [6, 6.07) is 17.6. The monoisotopic (exact) mass is 293 g/mol. The van der Waals surface area contributed by atoms with Crippen LogP contribution in [0, 0.1) is 11.3 Å². The third-order valence-electron chi connectivity index (χ3n) is 3.25. The van der Waals surface area contributed by atoms with Crippen LogP contribution in [0.15, 0.2) is 48.5 Å². The molecule has 112 valence electrons. The second-order valence-electron chi connectivity index (χ2n) is 5.12. The van der Waals surface area contributed by atoms with E-state index in [0.29, 0.717) is 5.56 Å². The molecule has 0 spiro atoms. The molecule has 0 aliphatic heterocycles. The number of nitrogens with zero attached hydrogens (tertiary/aromatic N) is 1. The van der Waals surface area contributed by atoms with Crippen LogP contribution in [0.4, 0.5) is 5.69 Å². The molecule has 0 unspecified atom stereocenters. The molecule has 0 saturated carbocycles. The lowest BCUT2D eigenvalue weighted by molar-refractivity contribution is -0.114. The molecule has 2 N–H and O–H groups in total. The van der Waals surface area contributed by atoms with Crippen LogP contribution in [-0.2, 0) is 17.8 Å². The maximum Gasteiger partial charge on any atom is 0.221 e. The van der Waals surface area contributed by atoms with Gasteiger partial charge in [-0.05, 0) is 48.4 Å². The summed E-state index contributed by atoms with van der Waals surface area (Å²) in [5.41, 5.74) is 3.83. The van der Waals surface area contributed by atoms with E-state index in [0.717, 1.165) is 30.8 Å². The first kappa shape index (κ1) is 15.7. The van der Waals surface area contributed by atoms with E-state index in [9.17, 15) is 4.79 Å². The molecular formula is C18H19N3O. The molecule has 22 heavy (non-hydrogen) atoms. The van der Waals surface area contributed by atoms with E-state index in [1.54, 1.807) is 6.07 Å². The lowest BCUT2D eigenvalue weighted by Crippen LogP contribution is -2.16. The zero-order valence-electron chi connectivity index (χ0n) is 12.6. The number of benzene rings is 2. The highest BCUT2D eigenvalue weighted by molar-refractivity contribution is 5.88. The lowest BCUT2D eigenvalue weighted by atomic mass is 10.1. The van der Waals surface area contributed by atoms with E-state index in [1.807, 2.05) is 42.5 Å². The topological polar surface area (TPSA) is 64.9 Å². The first-order valence-corrected chi connectivity index (χ1v) is 7.23. The molecule has 0 aromatic heterocycles. The molecule has 2 aromatic rings. The van der Waals surface area contributed by atoms with Crippen LogP contribution in [0.3, 0.4) is 0 Å². The Morgan fingerprint density at radius 3 is 2.59 bits per heavy atom. The van der Waals surface area contributed by atoms with E-state index in [2.05, 4.69) is 16.7 Å². The van der Waals surface area contributed by atoms with E-state index >= 15 is 0 Å². The van der Waals surface area contributed by atoms with Gasteiger partial charge >= 0.3 is 0 Å². The van der Waals surface area contributed by atoms with Crippen molar-refractivity contribution in [3.63, 3.8) is 0 Å². The van der Waals surface area contributed by atoms with E-state index < -0.39 is 0 Å². The summed E-state index contributed by atoms with van der Waals surface area (Å²) in [5, 5.41) is 15.0. The van der Waals surface area contributed by atoms with Gasteiger partial charge in [-0.25, -0.2) is 0 Å². The summed E-state index contributed by atoms with van der Waals surface area (Å²) in [5.74, 6) is -0.0611. The zero-order chi connectivity index (χ0) is 15.8. The highest BCUT2D eigenvalue weighted by Gasteiger charge is 1.98. The van der Waals surface area contributed by atoms with E-state index in [1.165, 1.54) is 12.5 Å². The van der Waals surface area contributed by atoms with Crippen molar-refractivity contribution in [2.75, 3.05) is 11.9 Å². The Morgan fingerprint density at radius 2 is 1.91 bits per heavy atom. The van der Waals surface area contributed by atoms with Crippen molar-refractivity contribution >= 4 is 11.6 Å². The van der Waals surface area contributed by atoms with Crippen LogP contribution >= 0.6 is 0 Å². The van der Waals surface area contributed by atoms with Gasteiger partial charge in [-0.15, -0.1) is 0 Å². The van der Waals surface area contributed by atoms with Gasteiger partial charge in [-0.2, -0.15) is 5.26 Å². The Labute approximate surface area is 130 Å². The fraction of sp³-hybridized carbons (Fsp3) is 0.222. The molecule has 0 bridgehead atoms. The van der Waals surface area contributed by atoms with Crippen LogP contribution in [-0.4, -0.2) is 12.5 Å². The van der Waals surface area contributed by atoms with Gasteiger partial charge in [0, 0.05) is 19.2 Å². The summed E-state index contributed by atoms with van der Waals surface area (Å²) in [7, 11) is 0. The van der Waals surface area contributed by atoms with Crippen LogP contribution < -0.4 is 10.6 Å². The molecule has 0 saturated heterocycles. The van der Waals surface area contributed by atoms with Gasteiger partial charge in [0.05, 0.1) is 11.6 Å². The number of anilines is 1. The average molecular weight is 293 g/mol. The Hall–Kier alpha value is -2.64. The van der Waals surface area contributed by atoms with Crippen LogP contribution in [0.5, 0.6) is 0 Å². The van der Waals surface area contributed by atoms with Crippen molar-refractivity contribution in [1.82, 2.24) is 5.32 Å². The highest BCUT2D eigenvalue weighted by atomic mass is 16.1. The van der Waals surface area contributed by atoms with Gasteiger partial charge in [0.25, 0.3) is 0 Å². The van der Waals surface area contributed by atoms with Crippen LogP contribution in [0.25, 0.3) is 0 Å². The predicted octanol–water partition coefficient (Wildman–Crippen LogP) is 2.85. The maximum atomic E-state index is 10.9. The molecule has 0 fully saturated rings. The first-order valence-electron chi connectivity index (χ1n) is 7.23. The molecule has 0 aliphatic carbocycles. The minimum Gasteiger partial charge on any atom is -0.326 e. The molecule has 1 amide bonds. The SMILES string of the molecule is CC(=O)Nc1ccc(CCNCc2cccc(C#N)c2)cc1. The molecular weight excluding hydrogens is 274 g/mol. The van der Waals surface area contributed by atoms with E-state index in [4.69, 9.17) is 5.26 Å². The molecule has 0 radical (unpaired) electrons. The number of nitrogens with one attached hydrogen (secondary N) is 2. The molecule has 0 atom stereocenters. The van der Waals surface area contributed by atoms with Crippen molar-refractivity contribution in [2.45, 2.75) is 19.9 Å². The normalized spacial score (nSPS) is 10.0. The number of nitriles is 1. The van der Waals surface area contributed by atoms with Crippen molar-refractivity contribution in [2.24, 2.45) is 0 Å². The second kappa shape index (κ2) is 7.96. The number of hydrogen-bond acceptors (Lipinski definition) is 3. The molecule has 2 aromatic carbocycles. The maximum absolute atomic E-state index is 10.9. The van der Waals surface area contributed by atoms with Crippen molar-refractivity contribution in [3.05, 3.63) is 65.2 Å². The van der Waals surface area contributed by atoms with Gasteiger partial charge in [-0.3, -0.25) is 4.79 Å². The number of carbonyl (C=O) groups excluding carboxylic acids is 1. The van der Waals surface area contributed by atoms with Crippen molar-refractivity contribution in [1.29, 1.82) is 5.26 Å². The largest absolute Gasteiger partial charge is 0.326 e. The molecule has 4 heteroatoms.